The molecule has 18 heavy (non-hydrogen) atoms. The fourth-order valence-electron chi connectivity index (χ4n) is 2.15. The van der Waals surface area contributed by atoms with E-state index in [-0.39, 0.29) is 11.9 Å². The molecule has 1 saturated heterocycles. The molecule has 1 aliphatic rings. The van der Waals surface area contributed by atoms with E-state index in [4.69, 9.17) is 10.5 Å². The van der Waals surface area contributed by atoms with Crippen LogP contribution in [0.4, 0.5) is 0 Å². The van der Waals surface area contributed by atoms with Gasteiger partial charge < -0.3 is 15.6 Å². The molecule has 5 nitrogen and oxygen atoms in total. The van der Waals surface area contributed by atoms with Crippen molar-refractivity contribution in [3.8, 4) is 5.75 Å². The zero-order valence-electron chi connectivity index (χ0n) is 10.1. The number of para-hydroxylation sites is 1. The topological polar surface area (TPSA) is 84.6 Å². The van der Waals surface area contributed by atoms with Gasteiger partial charge >= 0.3 is 0 Å². The number of nitrogens with one attached hydrogen (secondary N) is 1. The summed E-state index contributed by atoms with van der Waals surface area (Å²) in [6.07, 6.45) is 2.15. The Balaban J connectivity index is 2.04. The minimum atomic E-state index is -0.685. The number of hydrogen-bond donors (Lipinski definition) is 3. The van der Waals surface area contributed by atoms with E-state index in [9.17, 15) is 9.90 Å². The van der Waals surface area contributed by atoms with E-state index >= 15 is 0 Å². The van der Waals surface area contributed by atoms with Gasteiger partial charge in [0.15, 0.2) is 0 Å². The van der Waals surface area contributed by atoms with E-state index in [1.54, 1.807) is 24.3 Å². The van der Waals surface area contributed by atoms with Crippen LogP contribution in [0.25, 0.3) is 0 Å². The molecule has 5 heteroatoms. The highest BCUT2D eigenvalue weighted by Gasteiger charge is 2.23. The third kappa shape index (κ3) is 3.00. The number of carbonyl (C=O) groups is 1. The maximum absolute atomic E-state index is 11.5. The highest BCUT2D eigenvalue weighted by molar-refractivity contribution is 5.82. The second-order valence-electron chi connectivity index (χ2n) is 4.44. The summed E-state index contributed by atoms with van der Waals surface area (Å²) in [6, 6.07) is 6.01. The van der Waals surface area contributed by atoms with Crippen molar-refractivity contribution >= 4 is 5.91 Å². The molecule has 1 heterocycles. The Bertz CT molecular complexity index is 416. The number of aromatic hydroxyl groups is 1. The molecule has 1 aromatic rings. The van der Waals surface area contributed by atoms with Crippen LogP contribution in [-0.2, 0) is 9.53 Å². The van der Waals surface area contributed by atoms with Gasteiger partial charge in [0, 0.05) is 18.7 Å². The first-order valence-electron chi connectivity index (χ1n) is 6.10. The number of primary amides is 1. The standard InChI is InChI=1S/C13H18N2O3/c14-13(17)12(10-5-1-2-6-11(10)16)15-8-9-4-3-7-18-9/h1-2,5-6,9,12,15-16H,3-4,7-8H2,(H2,14,17). The van der Waals surface area contributed by atoms with Crippen molar-refractivity contribution in [3.63, 3.8) is 0 Å². The quantitative estimate of drug-likeness (QED) is 0.717. The summed E-state index contributed by atoms with van der Waals surface area (Å²) < 4.78 is 5.47. The molecule has 0 saturated carbocycles. The van der Waals surface area contributed by atoms with E-state index in [0.29, 0.717) is 12.1 Å². The zero-order chi connectivity index (χ0) is 13.0. The molecule has 0 radical (unpaired) electrons. The van der Waals surface area contributed by atoms with Gasteiger partial charge in [0.05, 0.1) is 6.10 Å². The summed E-state index contributed by atoms with van der Waals surface area (Å²) in [5.74, 6) is -0.435. The van der Waals surface area contributed by atoms with Crippen LogP contribution >= 0.6 is 0 Å². The van der Waals surface area contributed by atoms with Gasteiger partial charge in [-0.15, -0.1) is 0 Å². The van der Waals surface area contributed by atoms with Gasteiger partial charge in [-0.3, -0.25) is 10.1 Å². The molecule has 98 valence electrons. The predicted molar refractivity (Wildman–Crippen MR) is 67.0 cm³/mol. The van der Waals surface area contributed by atoms with Crippen LogP contribution in [0.2, 0.25) is 0 Å². The second-order valence-corrected chi connectivity index (χ2v) is 4.44. The summed E-state index contributed by atoms with van der Waals surface area (Å²) in [4.78, 5) is 11.5. The minimum absolute atomic E-state index is 0.0705. The fraction of sp³-hybridized carbons (Fsp3) is 0.462. The van der Waals surface area contributed by atoms with E-state index in [0.717, 1.165) is 19.4 Å². The van der Waals surface area contributed by atoms with E-state index in [1.165, 1.54) is 0 Å². The van der Waals surface area contributed by atoms with E-state index in [1.807, 2.05) is 0 Å². The average Bonchev–Trinajstić information content (AvgIpc) is 2.84. The molecule has 1 fully saturated rings. The maximum atomic E-state index is 11.5. The molecule has 4 N–H and O–H groups in total. The summed E-state index contributed by atoms with van der Waals surface area (Å²) in [5, 5.41) is 12.8. The van der Waals surface area contributed by atoms with Crippen molar-refractivity contribution in [1.29, 1.82) is 0 Å². The predicted octanol–water partition coefficient (Wildman–Crippen LogP) is 0.687. The highest BCUT2D eigenvalue weighted by Crippen LogP contribution is 2.23. The summed E-state index contributed by atoms with van der Waals surface area (Å²) in [6.45, 7) is 1.33. The summed E-state index contributed by atoms with van der Waals surface area (Å²) >= 11 is 0. The van der Waals surface area contributed by atoms with Crippen molar-refractivity contribution in [2.75, 3.05) is 13.2 Å². The van der Waals surface area contributed by atoms with Crippen LogP contribution in [0.5, 0.6) is 5.75 Å². The lowest BCUT2D eigenvalue weighted by molar-refractivity contribution is -0.120. The number of rotatable bonds is 5. The van der Waals surface area contributed by atoms with Gasteiger partial charge in [-0.1, -0.05) is 18.2 Å². The largest absolute Gasteiger partial charge is 0.508 e. The lowest BCUT2D eigenvalue weighted by Crippen LogP contribution is -2.37. The van der Waals surface area contributed by atoms with Crippen LogP contribution in [0.3, 0.4) is 0 Å². The smallest absolute Gasteiger partial charge is 0.239 e. The monoisotopic (exact) mass is 250 g/mol. The molecule has 1 amide bonds. The van der Waals surface area contributed by atoms with Gasteiger partial charge in [0.25, 0.3) is 0 Å². The van der Waals surface area contributed by atoms with E-state index in [2.05, 4.69) is 5.32 Å². The van der Waals surface area contributed by atoms with Crippen molar-refractivity contribution in [3.05, 3.63) is 29.8 Å². The molecule has 2 unspecified atom stereocenters. The molecule has 1 aromatic carbocycles. The minimum Gasteiger partial charge on any atom is -0.508 e. The lowest BCUT2D eigenvalue weighted by atomic mass is 10.0. The van der Waals surface area contributed by atoms with Gasteiger partial charge in [0.1, 0.15) is 11.8 Å². The van der Waals surface area contributed by atoms with Crippen LogP contribution in [0.1, 0.15) is 24.4 Å². The van der Waals surface area contributed by atoms with Crippen molar-refractivity contribution in [2.24, 2.45) is 5.73 Å². The Morgan fingerprint density at radius 1 is 1.56 bits per heavy atom. The molecule has 0 aromatic heterocycles. The fourth-order valence-corrected chi connectivity index (χ4v) is 2.15. The first-order chi connectivity index (χ1) is 8.68. The second kappa shape index (κ2) is 5.84. The van der Waals surface area contributed by atoms with Gasteiger partial charge in [-0.2, -0.15) is 0 Å². The van der Waals surface area contributed by atoms with Crippen LogP contribution in [0, 0.1) is 0 Å². The Hall–Kier alpha value is -1.59. The first-order valence-corrected chi connectivity index (χ1v) is 6.10. The number of phenolic OH excluding ortho intramolecular Hbond substituents is 1. The molecule has 1 aliphatic heterocycles. The molecular formula is C13H18N2O3. The van der Waals surface area contributed by atoms with Crippen molar-refractivity contribution in [1.82, 2.24) is 5.32 Å². The Morgan fingerprint density at radius 2 is 2.33 bits per heavy atom. The van der Waals surface area contributed by atoms with Crippen LogP contribution in [0.15, 0.2) is 24.3 Å². The molecule has 2 atom stereocenters. The number of ether oxygens (including phenoxy) is 1. The third-order valence-corrected chi connectivity index (χ3v) is 3.11. The van der Waals surface area contributed by atoms with Gasteiger partial charge in [-0.05, 0) is 18.9 Å². The van der Waals surface area contributed by atoms with Gasteiger partial charge in [-0.25, -0.2) is 0 Å². The number of benzene rings is 1. The molecule has 2 rings (SSSR count). The molecule has 0 spiro atoms. The summed E-state index contributed by atoms with van der Waals surface area (Å²) in [5.41, 5.74) is 5.87. The maximum Gasteiger partial charge on any atom is 0.239 e. The number of amides is 1. The number of phenols is 1. The Labute approximate surface area is 106 Å². The molecule has 0 bridgehead atoms. The Morgan fingerprint density at radius 3 is 2.94 bits per heavy atom. The Kier molecular flexibility index (Phi) is 4.17. The SMILES string of the molecule is NC(=O)C(NCC1CCCO1)c1ccccc1O. The molecular weight excluding hydrogens is 232 g/mol. The normalized spacial score (nSPS) is 20.8. The van der Waals surface area contributed by atoms with E-state index < -0.39 is 11.9 Å². The van der Waals surface area contributed by atoms with Gasteiger partial charge in [0.2, 0.25) is 5.91 Å². The highest BCUT2D eigenvalue weighted by atomic mass is 16.5. The first kappa shape index (κ1) is 12.9. The average molecular weight is 250 g/mol. The van der Waals surface area contributed by atoms with Crippen LogP contribution in [-0.4, -0.2) is 30.3 Å². The van der Waals surface area contributed by atoms with Crippen molar-refractivity contribution < 1.29 is 14.6 Å². The molecule has 0 aliphatic carbocycles. The zero-order valence-corrected chi connectivity index (χ0v) is 10.1. The lowest BCUT2D eigenvalue weighted by Gasteiger charge is -2.19. The third-order valence-electron chi connectivity index (χ3n) is 3.11. The van der Waals surface area contributed by atoms with Crippen LogP contribution < -0.4 is 11.1 Å². The summed E-state index contributed by atoms with van der Waals surface area (Å²) in [7, 11) is 0. The number of nitrogens with two attached hydrogens (primary N) is 1. The number of hydrogen-bond acceptors (Lipinski definition) is 4. The number of carbonyl (C=O) groups excluding carboxylic acids is 1. The van der Waals surface area contributed by atoms with Crippen molar-refractivity contribution in [2.45, 2.75) is 25.0 Å².